The van der Waals surface area contributed by atoms with Crippen LogP contribution in [0.4, 0.5) is 0 Å². The van der Waals surface area contributed by atoms with Crippen molar-refractivity contribution in [1.82, 2.24) is 14.8 Å². The molecule has 0 unspecified atom stereocenters. The van der Waals surface area contributed by atoms with Crippen LogP contribution in [-0.2, 0) is 19.1 Å². The van der Waals surface area contributed by atoms with Gasteiger partial charge in [0.2, 0.25) is 0 Å². The van der Waals surface area contributed by atoms with Gasteiger partial charge in [0, 0.05) is 12.5 Å². The lowest BCUT2D eigenvalue weighted by Crippen LogP contribution is -2.18. The first-order valence-electron chi connectivity index (χ1n) is 3.96. The first kappa shape index (κ1) is 9.19. The van der Waals surface area contributed by atoms with Crippen molar-refractivity contribution in [2.75, 3.05) is 0 Å². The van der Waals surface area contributed by atoms with E-state index < -0.39 is 0 Å². The summed E-state index contributed by atoms with van der Waals surface area (Å²) in [7, 11) is 1.87. The van der Waals surface area contributed by atoms with Crippen LogP contribution >= 0.6 is 0 Å². The Hall–Kier alpha value is -0.900. The minimum absolute atomic E-state index is 0.0187. The summed E-state index contributed by atoms with van der Waals surface area (Å²) < 4.78 is 1.83. The molecule has 1 aromatic heterocycles. The van der Waals surface area contributed by atoms with E-state index in [-0.39, 0.29) is 12.0 Å². The largest absolute Gasteiger partial charge is 0.388 e. The maximum Gasteiger partial charge on any atom is 0.158 e. The molecule has 0 atom stereocenters. The van der Waals surface area contributed by atoms with Crippen molar-refractivity contribution in [3.63, 3.8) is 0 Å². The third-order valence-electron chi connectivity index (χ3n) is 1.78. The maximum absolute atomic E-state index is 8.87. The number of nitrogens with zero attached hydrogens (tertiary/aromatic N) is 3. The normalized spacial score (nSPS) is 12.1. The van der Waals surface area contributed by atoms with E-state index in [2.05, 4.69) is 31.0 Å². The first-order valence-corrected chi connectivity index (χ1v) is 3.96. The molecule has 0 fully saturated rings. The van der Waals surface area contributed by atoms with Crippen molar-refractivity contribution in [3.05, 3.63) is 11.6 Å². The van der Waals surface area contributed by atoms with E-state index in [1.54, 1.807) is 0 Å². The summed E-state index contributed by atoms with van der Waals surface area (Å²) in [5.74, 6) is 1.51. The van der Waals surface area contributed by atoms with Gasteiger partial charge in [-0.25, -0.2) is 0 Å². The molecule has 0 saturated carbocycles. The molecule has 68 valence electrons. The zero-order valence-corrected chi connectivity index (χ0v) is 8.00. The van der Waals surface area contributed by atoms with Crippen molar-refractivity contribution in [1.29, 1.82) is 0 Å². The standard InChI is InChI=1S/C8H15N3O/c1-8(2,3)7-10-9-6(5-12)11(7)4/h12H,5H2,1-4H3. The van der Waals surface area contributed by atoms with E-state index in [4.69, 9.17) is 5.11 Å². The summed E-state index contributed by atoms with van der Waals surface area (Å²) in [5.41, 5.74) is -0.0187. The highest BCUT2D eigenvalue weighted by Gasteiger charge is 2.21. The molecule has 0 aliphatic carbocycles. The minimum atomic E-state index is -0.0560. The lowest BCUT2D eigenvalue weighted by molar-refractivity contribution is 0.266. The predicted octanol–water partition coefficient (Wildman–Crippen LogP) is 0.605. The third kappa shape index (κ3) is 1.48. The molecule has 1 heterocycles. The van der Waals surface area contributed by atoms with E-state index in [0.29, 0.717) is 5.82 Å². The summed E-state index contributed by atoms with van der Waals surface area (Å²) in [6, 6.07) is 0. The van der Waals surface area contributed by atoms with Crippen LogP contribution in [0.1, 0.15) is 32.4 Å². The van der Waals surface area contributed by atoms with Gasteiger partial charge in [-0.3, -0.25) is 0 Å². The molecular weight excluding hydrogens is 154 g/mol. The third-order valence-corrected chi connectivity index (χ3v) is 1.78. The SMILES string of the molecule is Cn1c(CO)nnc1C(C)(C)C. The van der Waals surface area contributed by atoms with Crippen LogP contribution in [0.2, 0.25) is 0 Å². The van der Waals surface area contributed by atoms with Crippen LogP contribution in [-0.4, -0.2) is 19.9 Å². The van der Waals surface area contributed by atoms with Gasteiger partial charge in [-0.2, -0.15) is 0 Å². The van der Waals surface area contributed by atoms with Gasteiger partial charge in [-0.1, -0.05) is 20.8 Å². The van der Waals surface area contributed by atoms with Crippen molar-refractivity contribution in [2.24, 2.45) is 7.05 Å². The Morgan fingerprint density at radius 1 is 1.33 bits per heavy atom. The average molecular weight is 169 g/mol. The van der Waals surface area contributed by atoms with Gasteiger partial charge in [0.05, 0.1) is 0 Å². The maximum atomic E-state index is 8.87. The lowest BCUT2D eigenvalue weighted by Gasteiger charge is -2.16. The van der Waals surface area contributed by atoms with Crippen LogP contribution in [0.5, 0.6) is 0 Å². The molecule has 0 saturated heterocycles. The Balaban J connectivity index is 3.11. The van der Waals surface area contributed by atoms with Crippen molar-refractivity contribution < 1.29 is 5.11 Å². The van der Waals surface area contributed by atoms with Crippen LogP contribution in [0, 0.1) is 0 Å². The van der Waals surface area contributed by atoms with E-state index in [1.165, 1.54) is 0 Å². The molecule has 4 heteroatoms. The number of hydrogen-bond donors (Lipinski definition) is 1. The van der Waals surface area contributed by atoms with Crippen LogP contribution < -0.4 is 0 Å². The zero-order chi connectivity index (χ0) is 9.35. The van der Waals surface area contributed by atoms with Gasteiger partial charge in [0.25, 0.3) is 0 Å². The number of rotatable bonds is 1. The number of aliphatic hydroxyl groups excluding tert-OH is 1. The molecule has 0 aliphatic heterocycles. The highest BCUT2D eigenvalue weighted by Crippen LogP contribution is 2.19. The molecule has 1 rings (SSSR count). The molecule has 1 N–H and O–H groups in total. The van der Waals surface area contributed by atoms with Crippen LogP contribution in [0.25, 0.3) is 0 Å². The number of hydrogen-bond acceptors (Lipinski definition) is 3. The Morgan fingerprint density at radius 3 is 2.17 bits per heavy atom. The van der Waals surface area contributed by atoms with Crippen molar-refractivity contribution in [2.45, 2.75) is 32.8 Å². The minimum Gasteiger partial charge on any atom is -0.388 e. The van der Waals surface area contributed by atoms with E-state index in [9.17, 15) is 0 Å². The molecule has 0 bridgehead atoms. The molecule has 0 aliphatic rings. The smallest absolute Gasteiger partial charge is 0.158 e. The predicted molar refractivity (Wildman–Crippen MR) is 45.6 cm³/mol. The molecule has 1 aromatic rings. The Morgan fingerprint density at radius 2 is 1.92 bits per heavy atom. The summed E-state index contributed by atoms with van der Waals surface area (Å²) in [4.78, 5) is 0. The molecule has 12 heavy (non-hydrogen) atoms. The van der Waals surface area contributed by atoms with Gasteiger partial charge in [0.15, 0.2) is 5.82 Å². The molecule has 4 nitrogen and oxygen atoms in total. The second-order valence-electron chi connectivity index (χ2n) is 3.91. The molecule has 0 amide bonds. The Bertz CT molecular complexity index is 272. The Labute approximate surface area is 72.2 Å². The van der Waals surface area contributed by atoms with Gasteiger partial charge in [-0.15, -0.1) is 10.2 Å². The monoisotopic (exact) mass is 169 g/mol. The van der Waals surface area contributed by atoms with Gasteiger partial charge >= 0.3 is 0 Å². The van der Waals surface area contributed by atoms with Crippen LogP contribution in [0.15, 0.2) is 0 Å². The molecule has 0 spiro atoms. The Kier molecular flexibility index (Phi) is 2.19. The van der Waals surface area contributed by atoms with Crippen molar-refractivity contribution in [3.8, 4) is 0 Å². The summed E-state index contributed by atoms with van der Waals surface area (Å²) in [6.07, 6.45) is 0. The number of aliphatic hydroxyl groups is 1. The highest BCUT2D eigenvalue weighted by atomic mass is 16.3. The summed E-state index contributed by atoms with van der Waals surface area (Å²) >= 11 is 0. The lowest BCUT2D eigenvalue weighted by atomic mass is 9.96. The second-order valence-corrected chi connectivity index (χ2v) is 3.91. The fourth-order valence-electron chi connectivity index (χ4n) is 1.15. The van der Waals surface area contributed by atoms with Crippen LogP contribution in [0.3, 0.4) is 0 Å². The zero-order valence-electron chi connectivity index (χ0n) is 8.00. The summed E-state index contributed by atoms with van der Waals surface area (Å²) in [5, 5.41) is 16.7. The molecule has 0 radical (unpaired) electrons. The highest BCUT2D eigenvalue weighted by molar-refractivity contribution is 5.04. The second kappa shape index (κ2) is 2.86. The fraction of sp³-hybridized carbons (Fsp3) is 0.750. The molecular formula is C8H15N3O. The van der Waals surface area contributed by atoms with Gasteiger partial charge < -0.3 is 9.67 Å². The quantitative estimate of drug-likeness (QED) is 0.670. The van der Waals surface area contributed by atoms with Gasteiger partial charge in [-0.05, 0) is 0 Å². The topological polar surface area (TPSA) is 50.9 Å². The van der Waals surface area contributed by atoms with E-state index in [0.717, 1.165) is 5.82 Å². The van der Waals surface area contributed by atoms with E-state index >= 15 is 0 Å². The average Bonchev–Trinajstić information content (AvgIpc) is 2.29. The molecule has 0 aromatic carbocycles. The van der Waals surface area contributed by atoms with E-state index in [1.807, 2.05) is 11.6 Å². The first-order chi connectivity index (χ1) is 5.46. The van der Waals surface area contributed by atoms with Crippen molar-refractivity contribution >= 4 is 0 Å². The van der Waals surface area contributed by atoms with Gasteiger partial charge in [0.1, 0.15) is 12.4 Å². The fourth-order valence-corrected chi connectivity index (χ4v) is 1.15. The summed E-state index contributed by atoms with van der Waals surface area (Å²) in [6.45, 7) is 6.15. The number of aromatic nitrogens is 3.